The number of nitrogens with one attached hydrogen (secondary N) is 2. The first-order chi connectivity index (χ1) is 7.42. The standard InChI is InChI=1S/C9H12N2O3S/c1-2-7(15-5-1)9(6-13-14-11-9)8-10-3-4-12-8/h1-2,5,8,10-11H,3-4,6H2. The smallest absolute Gasteiger partial charge is 0.146 e. The first kappa shape index (κ1) is 9.71. The van der Waals surface area contributed by atoms with Gasteiger partial charge in [-0.25, -0.2) is 4.89 Å². The maximum absolute atomic E-state index is 5.64. The van der Waals surface area contributed by atoms with E-state index in [1.54, 1.807) is 11.3 Å². The van der Waals surface area contributed by atoms with E-state index >= 15 is 0 Å². The number of hydrogen-bond donors (Lipinski definition) is 2. The van der Waals surface area contributed by atoms with Crippen molar-refractivity contribution in [2.75, 3.05) is 19.8 Å². The van der Waals surface area contributed by atoms with Gasteiger partial charge in [-0.1, -0.05) is 6.07 Å². The lowest BCUT2D eigenvalue weighted by Crippen LogP contribution is -2.53. The second kappa shape index (κ2) is 3.82. The molecule has 3 heterocycles. The van der Waals surface area contributed by atoms with Crippen LogP contribution in [0, 0.1) is 0 Å². The average molecular weight is 228 g/mol. The summed E-state index contributed by atoms with van der Waals surface area (Å²) < 4.78 is 5.64. The largest absolute Gasteiger partial charge is 0.359 e. The van der Waals surface area contributed by atoms with Crippen LogP contribution in [0.15, 0.2) is 17.5 Å². The molecule has 82 valence electrons. The first-order valence-corrected chi connectivity index (χ1v) is 5.74. The topological polar surface area (TPSA) is 51.8 Å². The van der Waals surface area contributed by atoms with Gasteiger partial charge in [0, 0.05) is 11.4 Å². The highest BCUT2D eigenvalue weighted by Gasteiger charge is 2.48. The molecule has 2 aliphatic rings. The molecular weight excluding hydrogens is 216 g/mol. The maximum atomic E-state index is 5.64. The lowest BCUT2D eigenvalue weighted by Gasteiger charge is -2.29. The highest BCUT2D eigenvalue weighted by molar-refractivity contribution is 7.10. The van der Waals surface area contributed by atoms with Gasteiger partial charge in [-0.2, -0.15) is 5.48 Å². The lowest BCUT2D eigenvalue weighted by atomic mass is 9.97. The van der Waals surface area contributed by atoms with Crippen molar-refractivity contribution in [1.29, 1.82) is 0 Å². The molecule has 0 amide bonds. The van der Waals surface area contributed by atoms with Gasteiger partial charge in [0.1, 0.15) is 18.4 Å². The van der Waals surface area contributed by atoms with Gasteiger partial charge in [-0.3, -0.25) is 5.32 Å². The summed E-state index contributed by atoms with van der Waals surface area (Å²) in [5, 5.41) is 5.32. The van der Waals surface area contributed by atoms with Crippen molar-refractivity contribution >= 4 is 11.3 Å². The Balaban J connectivity index is 1.94. The zero-order valence-corrected chi connectivity index (χ0v) is 8.88. The van der Waals surface area contributed by atoms with Crippen molar-refractivity contribution in [3.8, 4) is 0 Å². The van der Waals surface area contributed by atoms with Crippen LogP contribution in [0.2, 0.25) is 0 Å². The van der Waals surface area contributed by atoms with E-state index in [9.17, 15) is 0 Å². The molecule has 1 aromatic heterocycles. The van der Waals surface area contributed by atoms with E-state index in [4.69, 9.17) is 14.6 Å². The summed E-state index contributed by atoms with van der Waals surface area (Å²) in [5.41, 5.74) is 2.50. The molecule has 2 aliphatic heterocycles. The van der Waals surface area contributed by atoms with E-state index in [-0.39, 0.29) is 6.23 Å². The predicted octanol–water partition coefficient (Wildman–Crippen LogP) is 0.356. The van der Waals surface area contributed by atoms with E-state index in [0.29, 0.717) is 6.61 Å². The van der Waals surface area contributed by atoms with E-state index in [2.05, 4.69) is 16.9 Å². The molecule has 1 aromatic rings. The Morgan fingerprint density at radius 1 is 1.53 bits per heavy atom. The lowest BCUT2D eigenvalue weighted by molar-refractivity contribution is -0.287. The molecule has 2 saturated heterocycles. The minimum Gasteiger partial charge on any atom is -0.359 e. The highest BCUT2D eigenvalue weighted by Crippen LogP contribution is 2.34. The molecule has 0 saturated carbocycles. The molecule has 0 bridgehead atoms. The molecule has 2 fully saturated rings. The van der Waals surface area contributed by atoms with Crippen LogP contribution in [0.4, 0.5) is 0 Å². The number of thiophene rings is 1. The third kappa shape index (κ3) is 1.50. The van der Waals surface area contributed by atoms with E-state index in [1.165, 1.54) is 0 Å². The molecule has 5 nitrogen and oxygen atoms in total. The molecule has 0 spiro atoms. The number of ether oxygens (including phenoxy) is 1. The highest BCUT2D eigenvalue weighted by atomic mass is 32.1. The fraction of sp³-hybridized carbons (Fsp3) is 0.556. The number of hydrogen-bond acceptors (Lipinski definition) is 6. The summed E-state index contributed by atoms with van der Waals surface area (Å²) in [4.78, 5) is 11.0. The summed E-state index contributed by atoms with van der Waals surface area (Å²) in [6.07, 6.45) is -0.0985. The van der Waals surface area contributed by atoms with Crippen LogP contribution >= 0.6 is 11.3 Å². The van der Waals surface area contributed by atoms with Crippen LogP contribution in [-0.2, 0) is 20.2 Å². The average Bonchev–Trinajstić information content (AvgIpc) is 3.02. The van der Waals surface area contributed by atoms with E-state index in [1.807, 2.05) is 11.4 Å². The predicted molar refractivity (Wildman–Crippen MR) is 53.9 cm³/mol. The minimum atomic E-state index is -0.412. The molecule has 0 radical (unpaired) electrons. The SMILES string of the molecule is c1csc(C2(C3NCCO3)COON2)c1. The zero-order chi connectivity index (χ0) is 10.1. The van der Waals surface area contributed by atoms with Gasteiger partial charge >= 0.3 is 0 Å². The van der Waals surface area contributed by atoms with Crippen LogP contribution in [-0.4, -0.2) is 26.0 Å². The molecule has 0 aromatic carbocycles. The molecule has 6 heteroatoms. The van der Waals surface area contributed by atoms with Crippen molar-refractivity contribution in [3.05, 3.63) is 22.4 Å². The van der Waals surface area contributed by atoms with Crippen molar-refractivity contribution in [2.24, 2.45) is 0 Å². The molecule has 2 unspecified atom stereocenters. The van der Waals surface area contributed by atoms with Gasteiger partial charge in [-0.15, -0.1) is 16.3 Å². The third-order valence-electron chi connectivity index (χ3n) is 2.69. The second-order valence-corrected chi connectivity index (χ2v) is 4.55. The Hall–Kier alpha value is -0.500. The fourth-order valence-electron chi connectivity index (χ4n) is 1.91. The third-order valence-corrected chi connectivity index (χ3v) is 3.74. The molecule has 0 aliphatic carbocycles. The molecule has 15 heavy (non-hydrogen) atoms. The Morgan fingerprint density at radius 3 is 3.13 bits per heavy atom. The molecular formula is C9H12N2O3S. The summed E-state index contributed by atoms with van der Waals surface area (Å²) in [7, 11) is 0. The summed E-state index contributed by atoms with van der Waals surface area (Å²) in [6, 6.07) is 4.07. The van der Waals surface area contributed by atoms with Gasteiger partial charge < -0.3 is 4.74 Å². The van der Waals surface area contributed by atoms with Crippen molar-refractivity contribution in [2.45, 2.75) is 11.8 Å². The number of hydroxylamine groups is 1. The van der Waals surface area contributed by atoms with Crippen LogP contribution in [0.25, 0.3) is 0 Å². The van der Waals surface area contributed by atoms with Gasteiger partial charge in [0.15, 0.2) is 0 Å². The maximum Gasteiger partial charge on any atom is 0.146 e. The van der Waals surface area contributed by atoms with Crippen molar-refractivity contribution in [3.63, 3.8) is 0 Å². The summed E-state index contributed by atoms with van der Waals surface area (Å²) in [5.74, 6) is 0. The van der Waals surface area contributed by atoms with Crippen molar-refractivity contribution in [1.82, 2.24) is 10.8 Å². The van der Waals surface area contributed by atoms with Crippen LogP contribution in [0.3, 0.4) is 0 Å². The van der Waals surface area contributed by atoms with Gasteiger partial charge in [0.25, 0.3) is 0 Å². The molecule has 3 rings (SSSR count). The van der Waals surface area contributed by atoms with Gasteiger partial charge in [-0.05, 0) is 11.4 Å². The monoisotopic (exact) mass is 228 g/mol. The number of rotatable bonds is 2. The quantitative estimate of drug-likeness (QED) is 0.716. The summed E-state index contributed by atoms with van der Waals surface area (Å²) in [6.45, 7) is 2.03. The van der Waals surface area contributed by atoms with Gasteiger partial charge in [0.05, 0.1) is 6.61 Å². The first-order valence-electron chi connectivity index (χ1n) is 4.86. The normalized spacial score (nSPS) is 36.1. The zero-order valence-electron chi connectivity index (χ0n) is 8.06. The Bertz CT molecular complexity index is 318. The van der Waals surface area contributed by atoms with Crippen molar-refractivity contribution < 1.29 is 14.6 Å². The summed E-state index contributed by atoms with van der Waals surface area (Å²) >= 11 is 1.66. The van der Waals surface area contributed by atoms with Crippen LogP contribution in [0.1, 0.15) is 4.88 Å². The van der Waals surface area contributed by atoms with Crippen LogP contribution < -0.4 is 10.8 Å². The van der Waals surface area contributed by atoms with E-state index < -0.39 is 5.54 Å². The van der Waals surface area contributed by atoms with Crippen LogP contribution in [0.5, 0.6) is 0 Å². The minimum absolute atomic E-state index is 0.0985. The Labute approximate surface area is 91.2 Å². The Morgan fingerprint density at radius 2 is 2.53 bits per heavy atom. The fourth-order valence-corrected chi connectivity index (χ4v) is 2.79. The van der Waals surface area contributed by atoms with Gasteiger partial charge in [0.2, 0.25) is 0 Å². The second-order valence-electron chi connectivity index (χ2n) is 3.60. The molecule has 2 N–H and O–H groups in total. The molecule has 2 atom stereocenters. The van der Waals surface area contributed by atoms with E-state index in [0.717, 1.165) is 18.0 Å². The Kier molecular flexibility index (Phi) is 2.47.